The molecule has 0 amide bonds. The fourth-order valence-corrected chi connectivity index (χ4v) is 2.43. The van der Waals surface area contributed by atoms with Crippen LogP contribution in [0.4, 0.5) is 0 Å². The highest BCUT2D eigenvalue weighted by Gasteiger charge is 1.99. The molecule has 0 aliphatic carbocycles. The first kappa shape index (κ1) is 19.8. The van der Waals surface area contributed by atoms with Gasteiger partial charge in [-0.15, -0.1) is 0 Å². The number of unbranched alkanes of at least 4 members (excludes halogenated alkanes) is 1. The molecule has 0 bridgehead atoms. The molecule has 0 aliphatic rings. The van der Waals surface area contributed by atoms with E-state index in [1.54, 1.807) is 30.0 Å². The summed E-state index contributed by atoms with van der Waals surface area (Å²) in [5, 5.41) is 6.54. The molecule has 0 aliphatic heterocycles. The molecule has 2 heterocycles. The average Bonchev–Trinajstić information content (AvgIpc) is 3.17. The smallest absolute Gasteiger partial charge is 0.250 e. The van der Waals surface area contributed by atoms with Crippen molar-refractivity contribution in [3.05, 3.63) is 58.9 Å². The summed E-state index contributed by atoms with van der Waals surface area (Å²) in [6, 6.07) is 8.98. The summed E-state index contributed by atoms with van der Waals surface area (Å²) in [5.74, 6) is 1.63. The number of hydrogen-bond donors (Lipinski definition) is 2. The van der Waals surface area contributed by atoms with Gasteiger partial charge in [-0.2, -0.15) is 0 Å². The highest BCUT2D eigenvalue weighted by Crippen LogP contribution is 2.01. The van der Waals surface area contributed by atoms with E-state index >= 15 is 0 Å². The lowest BCUT2D eigenvalue weighted by Gasteiger charge is -2.12. The van der Waals surface area contributed by atoms with Crippen LogP contribution in [0.25, 0.3) is 0 Å². The van der Waals surface area contributed by atoms with E-state index in [4.69, 9.17) is 9.15 Å². The van der Waals surface area contributed by atoms with Crippen LogP contribution in [-0.2, 0) is 17.9 Å². The third kappa shape index (κ3) is 7.57. The van der Waals surface area contributed by atoms with E-state index in [0.29, 0.717) is 13.2 Å². The van der Waals surface area contributed by atoms with Gasteiger partial charge in [0.1, 0.15) is 12.4 Å². The minimum absolute atomic E-state index is 0.0483. The van der Waals surface area contributed by atoms with E-state index in [-0.39, 0.29) is 5.56 Å². The van der Waals surface area contributed by atoms with Crippen molar-refractivity contribution < 1.29 is 9.15 Å². The summed E-state index contributed by atoms with van der Waals surface area (Å²) < 4.78 is 12.5. The number of aromatic nitrogens is 1. The zero-order valence-corrected chi connectivity index (χ0v) is 15.3. The number of ether oxygens (including phenoxy) is 1. The van der Waals surface area contributed by atoms with Crippen molar-refractivity contribution in [1.29, 1.82) is 0 Å². The summed E-state index contributed by atoms with van der Waals surface area (Å²) >= 11 is 0. The van der Waals surface area contributed by atoms with E-state index in [0.717, 1.165) is 50.6 Å². The Kier molecular flexibility index (Phi) is 9.07. The van der Waals surface area contributed by atoms with Crippen LogP contribution in [0, 0.1) is 0 Å². The van der Waals surface area contributed by atoms with Gasteiger partial charge in [0.25, 0.3) is 0 Å². The third-order valence-electron chi connectivity index (χ3n) is 3.82. The van der Waals surface area contributed by atoms with Crippen LogP contribution in [0.3, 0.4) is 0 Å². The molecular formula is C19H28N4O3. The maximum atomic E-state index is 11.6. The molecule has 0 fully saturated rings. The molecular weight excluding hydrogens is 332 g/mol. The van der Waals surface area contributed by atoms with Crippen LogP contribution in [0.2, 0.25) is 0 Å². The molecule has 0 unspecified atom stereocenters. The Hall–Kier alpha value is -2.54. The Balaban J connectivity index is 1.48. The molecule has 0 atom stereocenters. The van der Waals surface area contributed by atoms with E-state index in [2.05, 4.69) is 15.6 Å². The van der Waals surface area contributed by atoms with Gasteiger partial charge in [0.15, 0.2) is 5.96 Å². The molecule has 2 aromatic heterocycles. The van der Waals surface area contributed by atoms with Gasteiger partial charge in [0.05, 0.1) is 6.26 Å². The van der Waals surface area contributed by atoms with E-state index < -0.39 is 0 Å². The number of aryl methyl sites for hydroxylation is 1. The van der Waals surface area contributed by atoms with Crippen LogP contribution < -0.4 is 16.2 Å². The number of guanidine groups is 1. The first-order valence-corrected chi connectivity index (χ1v) is 8.99. The fraction of sp³-hybridized carbons (Fsp3) is 0.474. The van der Waals surface area contributed by atoms with E-state index in [1.165, 1.54) is 0 Å². The molecule has 0 aromatic carbocycles. The molecule has 7 heteroatoms. The van der Waals surface area contributed by atoms with Gasteiger partial charge in [-0.3, -0.25) is 9.79 Å². The predicted octanol–water partition coefficient (Wildman–Crippen LogP) is 1.99. The first-order chi connectivity index (χ1) is 12.8. The number of hydrogen-bond acceptors (Lipinski definition) is 4. The number of nitrogens with zero attached hydrogens (tertiary/aromatic N) is 2. The monoisotopic (exact) mass is 360 g/mol. The summed E-state index contributed by atoms with van der Waals surface area (Å²) in [6.07, 6.45) is 6.26. The standard InChI is InChI=1S/C19H28N4O3/c1-20-19(22-11-7-14-25-16-17-8-6-15-26-17)21-10-3-5-13-23-12-4-2-9-18(23)24/h2,4,6,8-9,12,15H,3,5,7,10-11,13-14,16H2,1H3,(H2,20,21,22). The van der Waals surface area contributed by atoms with Crippen LogP contribution in [0.5, 0.6) is 0 Å². The van der Waals surface area contributed by atoms with E-state index in [1.807, 2.05) is 24.4 Å². The minimum atomic E-state index is 0.0483. The van der Waals surface area contributed by atoms with Gasteiger partial charge in [-0.1, -0.05) is 6.07 Å². The lowest BCUT2D eigenvalue weighted by atomic mass is 10.3. The molecule has 2 aromatic rings. The summed E-state index contributed by atoms with van der Waals surface area (Å²) in [4.78, 5) is 15.8. The quantitative estimate of drug-likeness (QED) is 0.364. The Morgan fingerprint density at radius 3 is 2.73 bits per heavy atom. The molecule has 7 nitrogen and oxygen atoms in total. The minimum Gasteiger partial charge on any atom is -0.467 e. The summed E-state index contributed by atoms with van der Waals surface area (Å²) in [6.45, 7) is 3.51. The van der Waals surface area contributed by atoms with Crippen molar-refractivity contribution in [2.24, 2.45) is 4.99 Å². The number of pyridine rings is 1. The molecule has 2 N–H and O–H groups in total. The van der Waals surface area contributed by atoms with Gasteiger partial charge < -0.3 is 24.4 Å². The normalized spacial score (nSPS) is 11.5. The molecule has 0 saturated heterocycles. The zero-order valence-electron chi connectivity index (χ0n) is 15.3. The number of rotatable bonds is 11. The summed E-state index contributed by atoms with van der Waals surface area (Å²) in [5.41, 5.74) is 0.0483. The highest BCUT2D eigenvalue weighted by molar-refractivity contribution is 5.79. The lowest BCUT2D eigenvalue weighted by Crippen LogP contribution is -2.38. The SMILES string of the molecule is CN=C(NCCCCn1ccccc1=O)NCCCOCc1ccco1. The topological polar surface area (TPSA) is 80.8 Å². The zero-order chi connectivity index (χ0) is 18.5. The van der Waals surface area contributed by atoms with Crippen LogP contribution in [0.15, 0.2) is 57.0 Å². The Morgan fingerprint density at radius 1 is 1.15 bits per heavy atom. The molecule has 142 valence electrons. The highest BCUT2D eigenvalue weighted by atomic mass is 16.5. The van der Waals surface area contributed by atoms with Crippen molar-refractivity contribution in [2.75, 3.05) is 26.7 Å². The number of nitrogens with one attached hydrogen (secondary N) is 2. The van der Waals surface area contributed by atoms with E-state index in [9.17, 15) is 4.79 Å². The van der Waals surface area contributed by atoms with Gasteiger partial charge >= 0.3 is 0 Å². The van der Waals surface area contributed by atoms with Gasteiger partial charge in [-0.25, -0.2) is 0 Å². The van der Waals surface area contributed by atoms with Crippen LogP contribution >= 0.6 is 0 Å². The van der Waals surface area contributed by atoms with Gasteiger partial charge in [0, 0.05) is 45.6 Å². The van der Waals surface area contributed by atoms with Gasteiger partial charge in [0.2, 0.25) is 5.56 Å². The maximum absolute atomic E-state index is 11.6. The van der Waals surface area contributed by atoms with Crippen LogP contribution in [0.1, 0.15) is 25.0 Å². The Morgan fingerprint density at radius 2 is 2.00 bits per heavy atom. The van der Waals surface area contributed by atoms with Crippen molar-refractivity contribution in [2.45, 2.75) is 32.4 Å². The van der Waals surface area contributed by atoms with Crippen molar-refractivity contribution >= 4 is 5.96 Å². The molecule has 26 heavy (non-hydrogen) atoms. The molecule has 0 radical (unpaired) electrons. The van der Waals surface area contributed by atoms with Crippen molar-refractivity contribution in [3.63, 3.8) is 0 Å². The average molecular weight is 360 g/mol. The fourth-order valence-electron chi connectivity index (χ4n) is 2.43. The maximum Gasteiger partial charge on any atom is 0.250 e. The number of aliphatic imine (C=N–C) groups is 1. The van der Waals surface area contributed by atoms with Crippen molar-refractivity contribution in [3.8, 4) is 0 Å². The second-order valence-corrected chi connectivity index (χ2v) is 5.85. The second kappa shape index (κ2) is 11.9. The third-order valence-corrected chi connectivity index (χ3v) is 3.82. The molecule has 0 saturated carbocycles. The Labute approximate surface area is 154 Å². The van der Waals surface area contributed by atoms with Gasteiger partial charge in [-0.05, 0) is 37.5 Å². The Bertz CT molecular complexity index is 695. The lowest BCUT2D eigenvalue weighted by molar-refractivity contribution is 0.105. The largest absolute Gasteiger partial charge is 0.467 e. The van der Waals surface area contributed by atoms with Crippen molar-refractivity contribution in [1.82, 2.24) is 15.2 Å². The van der Waals surface area contributed by atoms with Crippen LogP contribution in [-0.4, -0.2) is 37.3 Å². The second-order valence-electron chi connectivity index (χ2n) is 5.85. The predicted molar refractivity (Wildman–Crippen MR) is 102 cm³/mol. The molecule has 0 spiro atoms. The summed E-state index contributed by atoms with van der Waals surface area (Å²) in [7, 11) is 1.76. The first-order valence-electron chi connectivity index (χ1n) is 8.99. The number of furan rings is 1. The molecule has 2 rings (SSSR count).